The van der Waals surface area contributed by atoms with Gasteiger partial charge in [-0.2, -0.15) is 0 Å². The van der Waals surface area contributed by atoms with Gasteiger partial charge in [0.2, 0.25) is 5.91 Å². The fraction of sp³-hybridized carbons (Fsp3) is 0.222. The molecule has 3 amide bonds. The Bertz CT molecular complexity index is 979. The second kappa shape index (κ2) is 7.67. The van der Waals surface area contributed by atoms with E-state index in [9.17, 15) is 19.2 Å². The predicted molar refractivity (Wildman–Crippen MR) is 100 cm³/mol. The minimum Gasteiger partial charge on any atom is -0.465 e. The van der Waals surface area contributed by atoms with Crippen molar-refractivity contribution in [2.45, 2.75) is 13.5 Å². The number of para-hydroxylation sites is 1. The highest BCUT2D eigenvalue weighted by Crippen LogP contribution is 2.34. The number of hydrogen-bond donors (Lipinski definition) is 1. The molecule has 1 aromatic carbocycles. The first-order chi connectivity index (χ1) is 12.9. The van der Waals surface area contributed by atoms with E-state index in [1.54, 1.807) is 23.8 Å². The molecule has 0 saturated carbocycles. The average Bonchev–Trinajstić information content (AvgIpc) is 3.08. The maximum Gasteiger partial charge on any atom is 0.326 e. The normalized spacial score (nSPS) is 15.7. The van der Waals surface area contributed by atoms with E-state index in [4.69, 9.17) is 10.5 Å². The highest BCUT2D eigenvalue weighted by molar-refractivity contribution is 8.18. The molecule has 0 spiro atoms. The molecular weight excluding hydrogens is 370 g/mol. The van der Waals surface area contributed by atoms with Gasteiger partial charge >= 0.3 is 5.97 Å². The van der Waals surface area contributed by atoms with Gasteiger partial charge in [0.15, 0.2) is 0 Å². The molecule has 2 N–H and O–H groups in total. The Kier molecular flexibility index (Phi) is 5.31. The Labute approximate surface area is 158 Å². The van der Waals surface area contributed by atoms with Crippen molar-refractivity contribution in [3.8, 4) is 0 Å². The largest absolute Gasteiger partial charge is 0.465 e. The standard InChI is InChI=1S/C18H17N3O5S/c1-2-26-16(23)10-21-17(24)14(27-18(21)25)7-11-8-20(9-15(19)22)13-6-4-3-5-12(11)13/h3-8H,2,9-10H2,1H3,(H2,19,22). The molecule has 27 heavy (non-hydrogen) atoms. The molecular formula is C18H17N3O5S. The summed E-state index contributed by atoms with van der Waals surface area (Å²) in [6.45, 7) is 1.40. The summed E-state index contributed by atoms with van der Waals surface area (Å²) in [7, 11) is 0. The second-order valence-corrected chi connectivity index (χ2v) is 6.76. The van der Waals surface area contributed by atoms with Crippen molar-refractivity contribution in [3.05, 3.63) is 40.9 Å². The molecule has 0 bridgehead atoms. The summed E-state index contributed by atoms with van der Waals surface area (Å²) in [5.41, 5.74) is 6.75. The van der Waals surface area contributed by atoms with Crippen LogP contribution in [0.1, 0.15) is 12.5 Å². The number of nitrogens with two attached hydrogens (primary N) is 1. The van der Waals surface area contributed by atoms with Crippen molar-refractivity contribution in [1.29, 1.82) is 0 Å². The van der Waals surface area contributed by atoms with Crippen molar-refractivity contribution in [1.82, 2.24) is 9.47 Å². The molecule has 0 aliphatic carbocycles. The number of thioether (sulfide) groups is 1. The van der Waals surface area contributed by atoms with Gasteiger partial charge in [0.1, 0.15) is 13.1 Å². The smallest absolute Gasteiger partial charge is 0.326 e. The quantitative estimate of drug-likeness (QED) is 0.597. The van der Waals surface area contributed by atoms with Crippen LogP contribution in [-0.2, 0) is 25.7 Å². The fourth-order valence-corrected chi connectivity index (χ4v) is 3.63. The zero-order valence-electron chi connectivity index (χ0n) is 14.5. The maximum absolute atomic E-state index is 12.5. The molecule has 0 atom stereocenters. The van der Waals surface area contributed by atoms with Gasteiger partial charge in [0, 0.05) is 22.7 Å². The molecule has 1 aliphatic rings. The van der Waals surface area contributed by atoms with Crippen LogP contribution in [0.5, 0.6) is 0 Å². The number of primary amides is 1. The van der Waals surface area contributed by atoms with Crippen molar-refractivity contribution in [3.63, 3.8) is 0 Å². The average molecular weight is 387 g/mol. The maximum atomic E-state index is 12.5. The zero-order chi connectivity index (χ0) is 19.6. The summed E-state index contributed by atoms with van der Waals surface area (Å²) in [6, 6.07) is 7.35. The number of ether oxygens (including phenoxy) is 1. The Morgan fingerprint density at radius 2 is 1.96 bits per heavy atom. The first-order valence-electron chi connectivity index (χ1n) is 8.18. The number of fused-ring (bicyclic) bond motifs is 1. The Hall–Kier alpha value is -3.07. The van der Waals surface area contributed by atoms with E-state index in [1.807, 2.05) is 24.3 Å². The van der Waals surface area contributed by atoms with Crippen molar-refractivity contribution in [2.75, 3.05) is 13.2 Å². The topological polar surface area (TPSA) is 112 Å². The first-order valence-corrected chi connectivity index (χ1v) is 8.99. The monoisotopic (exact) mass is 387 g/mol. The molecule has 0 radical (unpaired) electrons. The van der Waals surface area contributed by atoms with Gasteiger partial charge in [0.05, 0.1) is 11.5 Å². The van der Waals surface area contributed by atoms with Crippen molar-refractivity contribution < 1.29 is 23.9 Å². The third-order valence-electron chi connectivity index (χ3n) is 3.90. The van der Waals surface area contributed by atoms with E-state index in [1.165, 1.54) is 0 Å². The number of carbonyl (C=O) groups excluding carboxylic acids is 4. The number of imide groups is 1. The molecule has 140 valence electrons. The summed E-state index contributed by atoms with van der Waals surface area (Å²) >= 11 is 0.758. The minimum atomic E-state index is -0.640. The molecule has 1 saturated heterocycles. The number of esters is 1. The molecule has 2 aromatic rings. The first kappa shape index (κ1) is 18.7. The van der Waals surface area contributed by atoms with Crippen LogP contribution >= 0.6 is 11.8 Å². The van der Waals surface area contributed by atoms with Gasteiger partial charge in [0.25, 0.3) is 11.1 Å². The number of benzene rings is 1. The fourth-order valence-electron chi connectivity index (χ4n) is 2.80. The molecule has 0 unspecified atom stereocenters. The van der Waals surface area contributed by atoms with Crippen LogP contribution < -0.4 is 5.73 Å². The number of nitrogens with zero attached hydrogens (tertiary/aromatic N) is 2. The number of aromatic nitrogens is 1. The van der Waals surface area contributed by atoms with Gasteiger partial charge in [-0.1, -0.05) is 18.2 Å². The molecule has 1 aliphatic heterocycles. The van der Waals surface area contributed by atoms with E-state index in [-0.39, 0.29) is 18.1 Å². The van der Waals surface area contributed by atoms with Gasteiger partial charge in [-0.25, -0.2) is 0 Å². The number of carbonyl (C=O) groups is 4. The van der Waals surface area contributed by atoms with Crippen LogP contribution in [0.3, 0.4) is 0 Å². The predicted octanol–water partition coefficient (Wildman–Crippen LogP) is 1.73. The Morgan fingerprint density at radius 3 is 2.67 bits per heavy atom. The molecule has 8 nitrogen and oxygen atoms in total. The van der Waals surface area contributed by atoms with Crippen LogP contribution in [-0.4, -0.2) is 45.6 Å². The molecule has 1 fully saturated rings. The summed E-state index contributed by atoms with van der Waals surface area (Å²) < 4.78 is 6.48. The number of hydrogen-bond acceptors (Lipinski definition) is 6. The van der Waals surface area contributed by atoms with Crippen LogP contribution in [0.2, 0.25) is 0 Å². The van der Waals surface area contributed by atoms with Gasteiger partial charge in [-0.3, -0.25) is 24.1 Å². The van der Waals surface area contributed by atoms with Crippen molar-refractivity contribution >= 4 is 51.8 Å². The Balaban J connectivity index is 1.93. The van der Waals surface area contributed by atoms with E-state index in [0.717, 1.165) is 27.6 Å². The van der Waals surface area contributed by atoms with Crippen LogP contribution in [0, 0.1) is 0 Å². The molecule has 2 heterocycles. The zero-order valence-corrected chi connectivity index (χ0v) is 15.3. The van der Waals surface area contributed by atoms with Crippen LogP contribution in [0.4, 0.5) is 4.79 Å². The molecule has 9 heteroatoms. The van der Waals surface area contributed by atoms with E-state index < -0.39 is 29.6 Å². The third-order valence-corrected chi connectivity index (χ3v) is 4.81. The lowest BCUT2D eigenvalue weighted by atomic mass is 10.1. The number of rotatable bonds is 6. The van der Waals surface area contributed by atoms with E-state index in [2.05, 4.69) is 0 Å². The lowest BCUT2D eigenvalue weighted by Gasteiger charge is -2.10. The Morgan fingerprint density at radius 1 is 1.22 bits per heavy atom. The van der Waals surface area contributed by atoms with Gasteiger partial charge in [-0.05, 0) is 30.8 Å². The van der Waals surface area contributed by atoms with E-state index in [0.29, 0.717) is 5.56 Å². The van der Waals surface area contributed by atoms with Crippen LogP contribution in [0.25, 0.3) is 17.0 Å². The lowest BCUT2D eigenvalue weighted by Crippen LogP contribution is -2.34. The second-order valence-electron chi connectivity index (χ2n) is 5.77. The van der Waals surface area contributed by atoms with Crippen molar-refractivity contribution in [2.24, 2.45) is 5.73 Å². The summed E-state index contributed by atoms with van der Waals surface area (Å²) in [5, 5.41) is 0.288. The molecule has 3 rings (SSSR count). The minimum absolute atomic E-state index is 0.00130. The van der Waals surface area contributed by atoms with Gasteiger partial charge < -0.3 is 15.0 Å². The highest BCUT2D eigenvalue weighted by Gasteiger charge is 2.36. The highest BCUT2D eigenvalue weighted by atomic mass is 32.2. The lowest BCUT2D eigenvalue weighted by molar-refractivity contribution is -0.146. The summed E-state index contributed by atoms with van der Waals surface area (Å²) in [6.07, 6.45) is 3.28. The number of amides is 3. The summed E-state index contributed by atoms with van der Waals surface area (Å²) in [4.78, 5) is 48.5. The van der Waals surface area contributed by atoms with Crippen LogP contribution in [0.15, 0.2) is 35.4 Å². The molecule has 1 aromatic heterocycles. The van der Waals surface area contributed by atoms with Gasteiger partial charge in [-0.15, -0.1) is 0 Å². The van der Waals surface area contributed by atoms with E-state index >= 15 is 0 Å². The SMILES string of the molecule is CCOC(=O)CN1C(=O)SC(=Cc2cn(CC(N)=O)c3ccccc23)C1=O. The third kappa shape index (κ3) is 3.87. The summed E-state index contributed by atoms with van der Waals surface area (Å²) in [5.74, 6) is -1.68.